The van der Waals surface area contributed by atoms with Gasteiger partial charge >= 0.3 is 0 Å². The molecule has 0 aliphatic heterocycles. The fourth-order valence-corrected chi connectivity index (χ4v) is 2.06. The normalized spacial score (nSPS) is 12.7. The van der Waals surface area contributed by atoms with Crippen LogP contribution in [0, 0.1) is 11.6 Å². The number of halogens is 3. The molecule has 108 valence electrons. The van der Waals surface area contributed by atoms with E-state index in [1.165, 1.54) is 10.7 Å². The molecule has 0 bridgehead atoms. The molecule has 2 aromatic rings. The monoisotopic (exact) mass is 301 g/mol. The van der Waals surface area contributed by atoms with E-state index in [4.69, 9.17) is 11.6 Å². The summed E-state index contributed by atoms with van der Waals surface area (Å²) in [6.45, 7) is 0.0814. The largest absolute Gasteiger partial charge is 0.385 e. The molecule has 7 heteroatoms. The van der Waals surface area contributed by atoms with E-state index in [0.29, 0.717) is 5.69 Å². The number of aryl methyl sites for hydroxylation is 1. The minimum absolute atomic E-state index is 0.0624. The maximum Gasteiger partial charge on any atom is 0.149 e. The summed E-state index contributed by atoms with van der Waals surface area (Å²) in [4.78, 5) is 0. The Labute approximate surface area is 120 Å². The molecule has 1 heterocycles. The molecule has 1 aromatic heterocycles. The summed E-state index contributed by atoms with van der Waals surface area (Å²) in [5.41, 5.74) is 0.472. The van der Waals surface area contributed by atoms with Crippen LogP contribution in [0.2, 0.25) is 5.02 Å². The highest BCUT2D eigenvalue weighted by Crippen LogP contribution is 2.21. The molecule has 0 aliphatic rings. The van der Waals surface area contributed by atoms with Crippen LogP contribution in [0.5, 0.6) is 0 Å². The van der Waals surface area contributed by atoms with Crippen LogP contribution >= 0.6 is 11.6 Å². The van der Waals surface area contributed by atoms with Crippen molar-refractivity contribution < 1.29 is 13.9 Å². The van der Waals surface area contributed by atoms with Crippen LogP contribution in [0.15, 0.2) is 24.4 Å². The summed E-state index contributed by atoms with van der Waals surface area (Å²) < 4.78 is 28.6. The number of hydrogen-bond acceptors (Lipinski definition) is 3. The van der Waals surface area contributed by atoms with Crippen molar-refractivity contribution >= 4 is 11.6 Å². The van der Waals surface area contributed by atoms with Crippen molar-refractivity contribution in [3.8, 4) is 0 Å². The molecule has 0 spiro atoms. The Morgan fingerprint density at radius 1 is 1.40 bits per heavy atom. The lowest BCUT2D eigenvalue weighted by atomic mass is 10.2. The Bertz CT molecular complexity index is 603. The molecular weight excluding hydrogens is 288 g/mol. The molecule has 0 saturated carbocycles. The number of aliphatic hydroxyl groups is 1. The molecule has 2 N–H and O–H groups in total. The fraction of sp³-hybridized carbons (Fsp3) is 0.308. The Hall–Kier alpha value is -1.50. The first kappa shape index (κ1) is 14.9. The van der Waals surface area contributed by atoms with Crippen LogP contribution in [0.3, 0.4) is 0 Å². The van der Waals surface area contributed by atoms with E-state index in [-0.39, 0.29) is 23.7 Å². The molecule has 1 unspecified atom stereocenters. The summed E-state index contributed by atoms with van der Waals surface area (Å²) in [5.74, 6) is -1.45. The number of aromatic nitrogens is 2. The van der Waals surface area contributed by atoms with Crippen LogP contribution in [-0.2, 0) is 13.6 Å². The van der Waals surface area contributed by atoms with Crippen LogP contribution < -0.4 is 5.32 Å². The minimum Gasteiger partial charge on any atom is -0.385 e. The zero-order chi connectivity index (χ0) is 14.7. The zero-order valence-electron chi connectivity index (χ0n) is 10.8. The van der Waals surface area contributed by atoms with Gasteiger partial charge in [-0.3, -0.25) is 4.68 Å². The predicted octanol–water partition coefficient (Wildman–Crippen LogP) is 2.17. The van der Waals surface area contributed by atoms with Gasteiger partial charge in [-0.05, 0) is 18.2 Å². The maximum absolute atomic E-state index is 13.6. The fourth-order valence-electron chi connectivity index (χ4n) is 1.88. The topological polar surface area (TPSA) is 50.1 Å². The maximum atomic E-state index is 13.6. The van der Waals surface area contributed by atoms with Gasteiger partial charge in [-0.25, -0.2) is 8.78 Å². The summed E-state index contributed by atoms with van der Waals surface area (Å²) in [7, 11) is 1.70. The Morgan fingerprint density at radius 3 is 2.80 bits per heavy atom. The van der Waals surface area contributed by atoms with Crippen molar-refractivity contribution in [3.63, 3.8) is 0 Å². The molecule has 20 heavy (non-hydrogen) atoms. The van der Waals surface area contributed by atoms with E-state index in [0.717, 1.165) is 6.07 Å². The Balaban J connectivity index is 1.97. The van der Waals surface area contributed by atoms with Gasteiger partial charge in [0.2, 0.25) is 0 Å². The molecule has 4 nitrogen and oxygen atoms in total. The molecule has 0 radical (unpaired) electrons. The second kappa shape index (κ2) is 6.30. The van der Waals surface area contributed by atoms with Gasteiger partial charge in [0, 0.05) is 31.9 Å². The molecule has 1 aromatic carbocycles. The van der Waals surface area contributed by atoms with Crippen molar-refractivity contribution in [1.82, 2.24) is 15.1 Å². The summed E-state index contributed by atoms with van der Waals surface area (Å²) in [6, 6.07) is 3.95. The zero-order valence-corrected chi connectivity index (χ0v) is 11.5. The number of hydrogen-bond donors (Lipinski definition) is 2. The van der Waals surface area contributed by atoms with E-state index < -0.39 is 17.7 Å². The molecule has 0 fully saturated rings. The van der Waals surface area contributed by atoms with Gasteiger partial charge in [0.1, 0.15) is 17.7 Å². The van der Waals surface area contributed by atoms with Crippen LogP contribution in [0.25, 0.3) is 0 Å². The van der Waals surface area contributed by atoms with Crippen molar-refractivity contribution in [2.75, 3.05) is 6.54 Å². The van der Waals surface area contributed by atoms with Crippen LogP contribution in [0.1, 0.15) is 17.4 Å². The number of rotatable bonds is 5. The van der Waals surface area contributed by atoms with E-state index >= 15 is 0 Å². The number of benzene rings is 1. The van der Waals surface area contributed by atoms with E-state index in [9.17, 15) is 13.9 Å². The Kier molecular flexibility index (Phi) is 4.69. The number of nitrogens with zero attached hydrogens (tertiary/aromatic N) is 2. The van der Waals surface area contributed by atoms with Gasteiger partial charge in [0.15, 0.2) is 0 Å². The van der Waals surface area contributed by atoms with Crippen LogP contribution in [0.4, 0.5) is 8.78 Å². The highest BCUT2D eigenvalue weighted by Gasteiger charge is 2.14. The second-order valence-corrected chi connectivity index (χ2v) is 4.76. The van der Waals surface area contributed by atoms with Gasteiger partial charge in [0.05, 0.1) is 10.7 Å². The lowest BCUT2D eigenvalue weighted by Gasteiger charge is -2.13. The Morgan fingerprint density at radius 2 is 2.15 bits per heavy atom. The SMILES string of the molecule is Cn1nccc1C(O)CNCc1c(F)ccc(Cl)c1F. The number of aliphatic hydroxyl groups excluding tert-OH is 1. The van der Waals surface area contributed by atoms with Gasteiger partial charge in [0.25, 0.3) is 0 Å². The standard InChI is InChI=1S/C13H14ClF2N3O/c1-19-11(4-5-18-19)12(20)7-17-6-8-10(15)3-2-9(14)13(8)16/h2-5,12,17,20H,6-7H2,1H3. The first-order chi connectivity index (χ1) is 9.50. The first-order valence-electron chi connectivity index (χ1n) is 5.99. The second-order valence-electron chi connectivity index (χ2n) is 4.35. The summed E-state index contributed by atoms with van der Waals surface area (Å²) >= 11 is 5.60. The summed E-state index contributed by atoms with van der Waals surface area (Å²) in [5, 5.41) is 16.5. The van der Waals surface area contributed by atoms with E-state index in [1.807, 2.05) is 0 Å². The van der Waals surface area contributed by atoms with Gasteiger partial charge < -0.3 is 10.4 Å². The predicted molar refractivity (Wildman–Crippen MR) is 71.2 cm³/mol. The van der Waals surface area contributed by atoms with Crippen molar-refractivity contribution in [3.05, 3.63) is 52.3 Å². The third-order valence-corrected chi connectivity index (χ3v) is 3.27. The number of nitrogens with one attached hydrogen (secondary N) is 1. The molecule has 0 amide bonds. The third-order valence-electron chi connectivity index (χ3n) is 2.98. The van der Waals surface area contributed by atoms with E-state index in [1.54, 1.807) is 19.3 Å². The first-order valence-corrected chi connectivity index (χ1v) is 6.37. The molecule has 1 atom stereocenters. The molecule has 2 rings (SSSR count). The minimum atomic E-state index is -0.812. The molecule has 0 saturated heterocycles. The average molecular weight is 302 g/mol. The van der Waals surface area contributed by atoms with Crippen molar-refractivity contribution in [2.24, 2.45) is 7.05 Å². The summed E-state index contributed by atoms with van der Waals surface area (Å²) in [6.07, 6.45) is 0.752. The van der Waals surface area contributed by atoms with E-state index in [2.05, 4.69) is 10.4 Å². The van der Waals surface area contributed by atoms with Gasteiger partial charge in [-0.1, -0.05) is 11.6 Å². The average Bonchev–Trinajstić information content (AvgIpc) is 2.84. The van der Waals surface area contributed by atoms with Crippen LogP contribution in [-0.4, -0.2) is 21.4 Å². The lowest BCUT2D eigenvalue weighted by Crippen LogP contribution is -2.23. The third kappa shape index (κ3) is 3.15. The molecular formula is C13H14ClF2N3O. The van der Waals surface area contributed by atoms with Gasteiger partial charge in [-0.2, -0.15) is 5.10 Å². The lowest BCUT2D eigenvalue weighted by molar-refractivity contribution is 0.164. The highest BCUT2D eigenvalue weighted by atomic mass is 35.5. The van der Waals surface area contributed by atoms with Crippen molar-refractivity contribution in [1.29, 1.82) is 0 Å². The highest BCUT2D eigenvalue weighted by molar-refractivity contribution is 6.30. The van der Waals surface area contributed by atoms with Crippen molar-refractivity contribution in [2.45, 2.75) is 12.6 Å². The van der Waals surface area contributed by atoms with Gasteiger partial charge in [-0.15, -0.1) is 0 Å². The smallest absolute Gasteiger partial charge is 0.149 e. The molecule has 0 aliphatic carbocycles. The quantitative estimate of drug-likeness (QED) is 0.832.